The van der Waals surface area contributed by atoms with Crippen LogP contribution in [0.5, 0.6) is 0 Å². The average molecular weight is 391 g/mol. The maximum absolute atomic E-state index is 6.19. The van der Waals surface area contributed by atoms with Crippen molar-refractivity contribution in [3.8, 4) is 0 Å². The zero-order valence-corrected chi connectivity index (χ0v) is 16.4. The lowest BCUT2D eigenvalue weighted by Gasteiger charge is -2.36. The molecule has 1 aromatic heterocycles. The molecule has 26 heavy (non-hydrogen) atoms. The summed E-state index contributed by atoms with van der Waals surface area (Å²) in [5.41, 5.74) is 1.25. The molecule has 0 bridgehead atoms. The van der Waals surface area contributed by atoms with Gasteiger partial charge in [0.1, 0.15) is 11.0 Å². The smallest absolute Gasteiger partial charge is 0.232 e. The molecule has 1 fully saturated rings. The normalized spacial score (nSPS) is 14.2. The van der Waals surface area contributed by atoms with Crippen molar-refractivity contribution in [1.29, 1.82) is 0 Å². The summed E-state index contributed by atoms with van der Waals surface area (Å²) in [6, 6.07) is 12.3. The van der Waals surface area contributed by atoms with Crippen LogP contribution in [0, 0.1) is 0 Å². The predicted molar refractivity (Wildman–Crippen MR) is 112 cm³/mol. The molecule has 1 aliphatic rings. The van der Waals surface area contributed by atoms with Gasteiger partial charge in [-0.2, -0.15) is 4.98 Å². The van der Waals surface area contributed by atoms with Gasteiger partial charge in [-0.3, -0.25) is 0 Å². The SMILES string of the molecule is CCCNC(=S)Nc1nc(Cl)cc(N2CCN(c3ccccc3)CC2)n1. The first kappa shape index (κ1) is 18.7. The monoisotopic (exact) mass is 390 g/mol. The summed E-state index contributed by atoms with van der Waals surface area (Å²) in [5, 5.41) is 7.02. The number of nitrogens with one attached hydrogen (secondary N) is 2. The molecule has 1 aromatic carbocycles. The Morgan fingerprint density at radius 2 is 1.81 bits per heavy atom. The zero-order valence-electron chi connectivity index (χ0n) is 14.8. The van der Waals surface area contributed by atoms with Gasteiger partial charge in [-0.1, -0.05) is 36.7 Å². The van der Waals surface area contributed by atoms with E-state index in [1.54, 1.807) is 6.07 Å². The molecule has 1 saturated heterocycles. The highest BCUT2D eigenvalue weighted by Gasteiger charge is 2.19. The van der Waals surface area contributed by atoms with Crippen molar-refractivity contribution in [2.75, 3.05) is 47.8 Å². The number of halogens is 1. The highest BCUT2D eigenvalue weighted by Crippen LogP contribution is 2.22. The summed E-state index contributed by atoms with van der Waals surface area (Å²) >= 11 is 11.4. The zero-order chi connectivity index (χ0) is 18.4. The molecule has 0 atom stereocenters. The third kappa shape index (κ3) is 4.95. The largest absolute Gasteiger partial charge is 0.368 e. The van der Waals surface area contributed by atoms with Crippen molar-refractivity contribution >= 4 is 46.4 Å². The van der Waals surface area contributed by atoms with E-state index in [2.05, 4.69) is 61.6 Å². The molecule has 0 saturated carbocycles. The van der Waals surface area contributed by atoms with Gasteiger partial charge < -0.3 is 20.4 Å². The Morgan fingerprint density at radius 3 is 2.50 bits per heavy atom. The number of anilines is 3. The second-order valence-electron chi connectivity index (χ2n) is 6.06. The lowest BCUT2D eigenvalue weighted by molar-refractivity contribution is 0.647. The lowest BCUT2D eigenvalue weighted by Crippen LogP contribution is -2.46. The van der Waals surface area contributed by atoms with Crippen molar-refractivity contribution in [3.63, 3.8) is 0 Å². The second kappa shape index (κ2) is 9.00. The highest BCUT2D eigenvalue weighted by atomic mass is 35.5. The molecular weight excluding hydrogens is 368 g/mol. The summed E-state index contributed by atoms with van der Waals surface area (Å²) < 4.78 is 0. The summed E-state index contributed by atoms with van der Waals surface area (Å²) in [6.07, 6.45) is 0.995. The molecule has 8 heteroatoms. The fourth-order valence-corrected chi connectivity index (χ4v) is 3.21. The summed E-state index contributed by atoms with van der Waals surface area (Å²) in [4.78, 5) is 13.4. The van der Waals surface area contributed by atoms with Crippen LogP contribution in [-0.4, -0.2) is 47.8 Å². The molecule has 3 rings (SSSR count). The van der Waals surface area contributed by atoms with Crippen molar-refractivity contribution in [2.24, 2.45) is 0 Å². The van der Waals surface area contributed by atoms with E-state index in [4.69, 9.17) is 23.8 Å². The number of para-hydroxylation sites is 1. The van der Waals surface area contributed by atoms with Crippen molar-refractivity contribution in [3.05, 3.63) is 41.6 Å². The van der Waals surface area contributed by atoms with E-state index >= 15 is 0 Å². The molecular formula is C18H23ClN6S. The van der Waals surface area contributed by atoms with E-state index < -0.39 is 0 Å². The molecule has 2 heterocycles. The van der Waals surface area contributed by atoms with Crippen LogP contribution in [0.1, 0.15) is 13.3 Å². The maximum Gasteiger partial charge on any atom is 0.232 e. The number of aromatic nitrogens is 2. The molecule has 0 radical (unpaired) electrons. The first-order valence-electron chi connectivity index (χ1n) is 8.80. The van der Waals surface area contributed by atoms with E-state index in [0.29, 0.717) is 16.2 Å². The fourth-order valence-electron chi connectivity index (χ4n) is 2.84. The fraction of sp³-hybridized carbons (Fsp3) is 0.389. The van der Waals surface area contributed by atoms with Crippen LogP contribution in [0.3, 0.4) is 0 Å². The number of thiocarbonyl (C=S) groups is 1. The molecule has 0 amide bonds. The van der Waals surface area contributed by atoms with Crippen LogP contribution >= 0.6 is 23.8 Å². The number of hydrogen-bond acceptors (Lipinski definition) is 5. The van der Waals surface area contributed by atoms with Crippen LogP contribution in [0.25, 0.3) is 0 Å². The first-order valence-corrected chi connectivity index (χ1v) is 9.58. The Bertz CT molecular complexity index is 734. The minimum absolute atomic E-state index is 0.404. The second-order valence-corrected chi connectivity index (χ2v) is 6.86. The Balaban J connectivity index is 1.63. The van der Waals surface area contributed by atoms with Gasteiger partial charge in [0.05, 0.1) is 0 Å². The van der Waals surface area contributed by atoms with E-state index in [9.17, 15) is 0 Å². The van der Waals surface area contributed by atoms with Crippen molar-refractivity contribution in [2.45, 2.75) is 13.3 Å². The highest BCUT2D eigenvalue weighted by molar-refractivity contribution is 7.80. The topological polar surface area (TPSA) is 56.3 Å². The Hall–Kier alpha value is -2.12. The molecule has 2 aromatic rings. The van der Waals surface area contributed by atoms with E-state index in [0.717, 1.165) is 45.0 Å². The summed E-state index contributed by atoms with van der Waals surface area (Å²) in [6.45, 7) is 6.51. The minimum Gasteiger partial charge on any atom is -0.368 e. The first-order chi connectivity index (χ1) is 12.7. The van der Waals surface area contributed by atoms with Gasteiger partial charge in [-0.05, 0) is 30.8 Å². The van der Waals surface area contributed by atoms with Gasteiger partial charge >= 0.3 is 0 Å². The average Bonchev–Trinajstić information content (AvgIpc) is 2.67. The molecule has 2 N–H and O–H groups in total. The van der Waals surface area contributed by atoms with Gasteiger partial charge in [0.25, 0.3) is 0 Å². The molecule has 0 aliphatic carbocycles. The van der Waals surface area contributed by atoms with Gasteiger partial charge in [-0.15, -0.1) is 0 Å². The number of benzene rings is 1. The molecule has 0 unspecified atom stereocenters. The van der Waals surface area contributed by atoms with E-state index in [1.165, 1.54) is 5.69 Å². The van der Waals surface area contributed by atoms with Gasteiger partial charge in [0, 0.05) is 44.5 Å². The standard InChI is InChI=1S/C18H23ClN6S/c1-2-8-20-18(26)23-17-21-15(19)13-16(22-17)25-11-9-24(10-12-25)14-6-4-3-5-7-14/h3-7,13H,2,8-12H2,1H3,(H2,20,21,22,23,26). The number of piperazine rings is 1. The molecule has 1 aliphatic heterocycles. The van der Waals surface area contributed by atoms with Crippen LogP contribution < -0.4 is 20.4 Å². The quantitative estimate of drug-likeness (QED) is 0.600. The summed E-state index contributed by atoms with van der Waals surface area (Å²) in [7, 11) is 0. The third-order valence-corrected chi connectivity index (χ3v) is 4.61. The molecule has 0 spiro atoms. The maximum atomic E-state index is 6.19. The van der Waals surface area contributed by atoms with Crippen LogP contribution in [0.15, 0.2) is 36.4 Å². The predicted octanol–water partition coefficient (Wildman–Crippen LogP) is 3.15. The van der Waals surface area contributed by atoms with Crippen molar-refractivity contribution < 1.29 is 0 Å². The summed E-state index contributed by atoms with van der Waals surface area (Å²) in [5.74, 6) is 1.24. The number of nitrogens with zero attached hydrogens (tertiary/aromatic N) is 4. The Kier molecular flexibility index (Phi) is 6.46. The van der Waals surface area contributed by atoms with Crippen LogP contribution in [0.4, 0.5) is 17.5 Å². The van der Waals surface area contributed by atoms with E-state index in [-0.39, 0.29) is 0 Å². The molecule has 6 nitrogen and oxygen atoms in total. The Morgan fingerprint density at radius 1 is 1.12 bits per heavy atom. The number of rotatable bonds is 5. The number of hydrogen-bond donors (Lipinski definition) is 2. The lowest BCUT2D eigenvalue weighted by atomic mass is 10.2. The molecule has 138 valence electrons. The third-order valence-electron chi connectivity index (χ3n) is 4.17. The van der Waals surface area contributed by atoms with Gasteiger partial charge in [0.2, 0.25) is 5.95 Å². The van der Waals surface area contributed by atoms with Crippen LogP contribution in [-0.2, 0) is 0 Å². The van der Waals surface area contributed by atoms with Gasteiger partial charge in [0.15, 0.2) is 5.11 Å². The van der Waals surface area contributed by atoms with Crippen molar-refractivity contribution in [1.82, 2.24) is 15.3 Å². The Labute approximate surface area is 164 Å². The minimum atomic E-state index is 0.404. The van der Waals surface area contributed by atoms with E-state index in [1.807, 2.05) is 6.07 Å². The van der Waals surface area contributed by atoms with Crippen LogP contribution in [0.2, 0.25) is 5.15 Å². The van der Waals surface area contributed by atoms with Gasteiger partial charge in [-0.25, -0.2) is 4.98 Å².